The number of nitrogens with zero attached hydrogens (tertiary/aromatic N) is 3. The third kappa shape index (κ3) is 5.04. The van der Waals surface area contributed by atoms with Crippen LogP contribution in [-0.4, -0.2) is 38.6 Å². The molecule has 0 aliphatic heterocycles. The van der Waals surface area contributed by atoms with Crippen LogP contribution in [0.1, 0.15) is 45.2 Å². The lowest BCUT2D eigenvalue weighted by molar-refractivity contribution is -0.132. The molecule has 0 fully saturated rings. The minimum atomic E-state index is -0.889. The van der Waals surface area contributed by atoms with Gasteiger partial charge in [0.2, 0.25) is 5.91 Å². The van der Waals surface area contributed by atoms with Crippen LogP contribution in [0.5, 0.6) is 0 Å². The zero-order valence-corrected chi connectivity index (χ0v) is 17.7. The highest BCUT2D eigenvalue weighted by Gasteiger charge is 2.23. The number of aromatic nitrogens is 2. The van der Waals surface area contributed by atoms with Gasteiger partial charge in [-0.05, 0) is 29.5 Å². The first-order chi connectivity index (χ1) is 13.9. The van der Waals surface area contributed by atoms with Crippen molar-refractivity contribution in [2.45, 2.75) is 40.3 Å². The average Bonchev–Trinajstić information content (AvgIpc) is 3.05. The highest BCUT2D eigenvalue weighted by molar-refractivity contribution is 5.81. The van der Waals surface area contributed by atoms with Crippen LogP contribution in [0.25, 0.3) is 11.0 Å². The molecule has 3 rings (SSSR count). The van der Waals surface area contributed by atoms with Crippen molar-refractivity contribution in [3.63, 3.8) is 0 Å². The Morgan fingerprint density at radius 2 is 1.55 bits per heavy atom. The van der Waals surface area contributed by atoms with Gasteiger partial charge in [0.25, 0.3) is 0 Å². The summed E-state index contributed by atoms with van der Waals surface area (Å²) in [6.07, 6.45) is -0.889. The van der Waals surface area contributed by atoms with Crippen LogP contribution >= 0.6 is 0 Å². The van der Waals surface area contributed by atoms with E-state index in [0.29, 0.717) is 17.7 Å². The van der Waals surface area contributed by atoms with Crippen molar-refractivity contribution in [1.29, 1.82) is 0 Å². The van der Waals surface area contributed by atoms with Crippen LogP contribution in [-0.2, 0) is 11.3 Å². The van der Waals surface area contributed by atoms with Crippen LogP contribution in [0.15, 0.2) is 54.6 Å². The maximum Gasteiger partial charge on any atom is 0.242 e. The average molecular weight is 394 g/mol. The molecule has 0 spiro atoms. The van der Waals surface area contributed by atoms with E-state index in [1.54, 1.807) is 0 Å². The molecule has 1 atom stereocenters. The third-order valence-electron chi connectivity index (χ3n) is 4.86. The van der Waals surface area contributed by atoms with Crippen LogP contribution in [0.3, 0.4) is 0 Å². The molecular weight excluding hydrogens is 362 g/mol. The van der Waals surface area contributed by atoms with Gasteiger partial charge in [-0.1, -0.05) is 70.2 Å². The largest absolute Gasteiger partial charge is 0.380 e. The summed E-state index contributed by atoms with van der Waals surface area (Å²) in [7, 11) is 0. The van der Waals surface area contributed by atoms with Gasteiger partial charge < -0.3 is 14.6 Å². The predicted molar refractivity (Wildman–Crippen MR) is 116 cm³/mol. The second-order valence-electron chi connectivity index (χ2n) is 8.44. The number of benzene rings is 2. The summed E-state index contributed by atoms with van der Waals surface area (Å²) in [4.78, 5) is 19.8. The first-order valence-corrected chi connectivity index (χ1v) is 10.3. The van der Waals surface area contributed by atoms with Gasteiger partial charge >= 0.3 is 0 Å². The molecule has 29 heavy (non-hydrogen) atoms. The molecule has 1 amide bonds. The molecule has 0 aliphatic rings. The summed E-state index contributed by atoms with van der Waals surface area (Å²) in [6, 6.07) is 17.2. The number of fused-ring (bicyclic) bond motifs is 1. The lowest BCUT2D eigenvalue weighted by atomic mass is 10.1. The van der Waals surface area contributed by atoms with E-state index in [2.05, 4.69) is 32.7 Å². The Balaban J connectivity index is 1.98. The summed E-state index contributed by atoms with van der Waals surface area (Å²) in [5.74, 6) is 1.34. The maximum absolute atomic E-state index is 13.2. The second kappa shape index (κ2) is 9.23. The fourth-order valence-electron chi connectivity index (χ4n) is 3.65. The number of rotatable bonds is 8. The molecule has 5 heteroatoms. The minimum Gasteiger partial charge on any atom is -0.380 e. The first-order valence-electron chi connectivity index (χ1n) is 10.3. The molecule has 1 aromatic heterocycles. The monoisotopic (exact) mass is 393 g/mol. The molecule has 0 aliphatic carbocycles. The molecule has 0 radical (unpaired) electrons. The smallest absolute Gasteiger partial charge is 0.242 e. The van der Waals surface area contributed by atoms with Crippen molar-refractivity contribution in [3.05, 3.63) is 66.0 Å². The van der Waals surface area contributed by atoms with Gasteiger partial charge in [0.1, 0.15) is 18.5 Å². The summed E-state index contributed by atoms with van der Waals surface area (Å²) in [6.45, 7) is 10.1. The molecule has 1 heterocycles. The zero-order valence-electron chi connectivity index (χ0n) is 17.7. The van der Waals surface area contributed by atoms with Crippen LogP contribution in [0, 0.1) is 11.8 Å². The number of carbonyl (C=O) groups excluding carboxylic acids is 1. The molecule has 3 aromatic rings. The number of hydrogen-bond acceptors (Lipinski definition) is 3. The Bertz CT molecular complexity index is 937. The molecule has 154 valence electrons. The number of aliphatic hydroxyl groups is 1. The Hall–Kier alpha value is -2.66. The molecule has 0 saturated heterocycles. The van der Waals surface area contributed by atoms with Crippen molar-refractivity contribution >= 4 is 16.9 Å². The molecule has 0 saturated carbocycles. The summed E-state index contributed by atoms with van der Waals surface area (Å²) in [5, 5.41) is 11.0. The fraction of sp³-hybridized carbons (Fsp3) is 0.417. The van der Waals surface area contributed by atoms with Gasteiger partial charge in [-0.25, -0.2) is 4.98 Å². The Morgan fingerprint density at radius 1 is 0.966 bits per heavy atom. The first kappa shape index (κ1) is 21.1. The van der Waals surface area contributed by atoms with Gasteiger partial charge in [-0.3, -0.25) is 4.79 Å². The molecular formula is C24H31N3O2. The van der Waals surface area contributed by atoms with E-state index < -0.39 is 6.10 Å². The number of imidazole rings is 1. The number of aliphatic hydroxyl groups excluding tert-OH is 1. The number of carbonyl (C=O) groups is 1. The van der Waals surface area contributed by atoms with Gasteiger partial charge in [0, 0.05) is 13.1 Å². The lowest BCUT2D eigenvalue weighted by Crippen LogP contribution is -2.39. The van der Waals surface area contributed by atoms with Crippen molar-refractivity contribution < 1.29 is 9.90 Å². The standard InChI is InChI=1S/C24H31N3O2/c1-17(2)14-26(15-18(3)4)22(28)16-27-21-13-9-8-12-20(21)25-24(27)23(29)19-10-6-5-7-11-19/h5-13,17-18,23,29H,14-16H2,1-4H3. The van der Waals surface area contributed by atoms with E-state index in [4.69, 9.17) is 0 Å². The molecule has 0 bridgehead atoms. The Morgan fingerprint density at radius 3 is 2.17 bits per heavy atom. The Labute approximate surface area is 173 Å². The van der Waals surface area contributed by atoms with E-state index in [0.717, 1.165) is 29.7 Å². The fourth-order valence-corrected chi connectivity index (χ4v) is 3.65. The summed E-state index contributed by atoms with van der Waals surface area (Å²) < 4.78 is 1.86. The highest BCUT2D eigenvalue weighted by Crippen LogP contribution is 2.26. The molecule has 5 nitrogen and oxygen atoms in total. The van der Waals surface area contributed by atoms with Crippen molar-refractivity contribution in [2.75, 3.05) is 13.1 Å². The van der Waals surface area contributed by atoms with Crippen LogP contribution in [0.4, 0.5) is 0 Å². The zero-order chi connectivity index (χ0) is 21.0. The Kier molecular flexibility index (Phi) is 6.70. The number of amides is 1. The molecule has 1 N–H and O–H groups in total. The maximum atomic E-state index is 13.2. The van der Waals surface area contributed by atoms with E-state index in [1.165, 1.54) is 0 Å². The van der Waals surface area contributed by atoms with Crippen molar-refractivity contribution in [1.82, 2.24) is 14.5 Å². The van der Waals surface area contributed by atoms with Crippen LogP contribution < -0.4 is 0 Å². The second-order valence-corrected chi connectivity index (χ2v) is 8.44. The van der Waals surface area contributed by atoms with Gasteiger partial charge in [0.15, 0.2) is 0 Å². The van der Waals surface area contributed by atoms with E-state index in [9.17, 15) is 9.90 Å². The van der Waals surface area contributed by atoms with Crippen LogP contribution in [0.2, 0.25) is 0 Å². The third-order valence-corrected chi connectivity index (χ3v) is 4.86. The van der Waals surface area contributed by atoms with E-state index in [1.807, 2.05) is 64.1 Å². The number of hydrogen-bond donors (Lipinski definition) is 1. The summed E-state index contributed by atoms with van der Waals surface area (Å²) in [5.41, 5.74) is 2.40. The highest BCUT2D eigenvalue weighted by atomic mass is 16.3. The molecule has 2 aromatic carbocycles. The normalized spacial score (nSPS) is 12.7. The van der Waals surface area contributed by atoms with E-state index >= 15 is 0 Å². The predicted octanol–water partition coefficient (Wildman–Crippen LogP) is 4.26. The van der Waals surface area contributed by atoms with Gasteiger partial charge in [0.05, 0.1) is 11.0 Å². The molecule has 1 unspecified atom stereocenters. The van der Waals surface area contributed by atoms with E-state index in [-0.39, 0.29) is 12.5 Å². The SMILES string of the molecule is CC(C)CN(CC(C)C)C(=O)Cn1c(C(O)c2ccccc2)nc2ccccc21. The minimum absolute atomic E-state index is 0.0528. The van der Waals surface area contributed by atoms with Gasteiger partial charge in [-0.2, -0.15) is 0 Å². The quantitative estimate of drug-likeness (QED) is 0.622. The van der Waals surface area contributed by atoms with Crippen molar-refractivity contribution in [3.8, 4) is 0 Å². The number of para-hydroxylation sites is 2. The van der Waals surface area contributed by atoms with Crippen molar-refractivity contribution in [2.24, 2.45) is 11.8 Å². The summed E-state index contributed by atoms with van der Waals surface area (Å²) >= 11 is 0. The topological polar surface area (TPSA) is 58.4 Å². The van der Waals surface area contributed by atoms with Gasteiger partial charge in [-0.15, -0.1) is 0 Å². The lowest BCUT2D eigenvalue weighted by Gasteiger charge is -2.27.